The van der Waals surface area contributed by atoms with Crippen molar-refractivity contribution in [1.29, 1.82) is 0 Å². The molecular formula is C12H14ClN3O. The number of hydrogen-bond acceptors (Lipinski definition) is 2. The molecule has 5 heteroatoms. The van der Waals surface area contributed by atoms with Gasteiger partial charge in [-0.15, -0.1) is 12.4 Å². The van der Waals surface area contributed by atoms with E-state index in [2.05, 4.69) is 10.3 Å². The van der Waals surface area contributed by atoms with Crippen LogP contribution in [0.15, 0.2) is 49.1 Å². The zero-order chi connectivity index (χ0) is 11.2. The zero-order valence-electron chi connectivity index (χ0n) is 9.24. The van der Waals surface area contributed by atoms with E-state index in [-0.39, 0.29) is 18.3 Å². The van der Waals surface area contributed by atoms with Gasteiger partial charge in [0.1, 0.15) is 6.54 Å². The maximum absolute atomic E-state index is 11.5. The number of amides is 1. The van der Waals surface area contributed by atoms with Crippen molar-refractivity contribution < 1.29 is 4.79 Å². The summed E-state index contributed by atoms with van der Waals surface area (Å²) in [7, 11) is 0. The largest absolute Gasteiger partial charge is 0.350 e. The Hall–Kier alpha value is -1.81. The van der Waals surface area contributed by atoms with Crippen LogP contribution in [0.5, 0.6) is 0 Å². The average Bonchev–Trinajstić information content (AvgIpc) is 2.81. The Balaban J connectivity index is 0.00000144. The van der Waals surface area contributed by atoms with Crippen molar-refractivity contribution in [2.75, 3.05) is 0 Å². The van der Waals surface area contributed by atoms with Crippen LogP contribution in [0.3, 0.4) is 0 Å². The highest BCUT2D eigenvalue weighted by Gasteiger charge is 2.01. The third-order valence-corrected chi connectivity index (χ3v) is 2.22. The molecule has 1 amide bonds. The van der Waals surface area contributed by atoms with Gasteiger partial charge in [0.05, 0.1) is 6.33 Å². The van der Waals surface area contributed by atoms with Crippen molar-refractivity contribution >= 4 is 18.3 Å². The van der Waals surface area contributed by atoms with Crippen LogP contribution in [0.25, 0.3) is 0 Å². The molecular weight excluding hydrogens is 238 g/mol. The van der Waals surface area contributed by atoms with E-state index in [9.17, 15) is 4.79 Å². The van der Waals surface area contributed by atoms with E-state index in [4.69, 9.17) is 0 Å². The predicted molar refractivity (Wildman–Crippen MR) is 67.8 cm³/mol. The average molecular weight is 252 g/mol. The molecule has 0 bridgehead atoms. The van der Waals surface area contributed by atoms with Gasteiger partial charge < -0.3 is 9.88 Å². The molecule has 17 heavy (non-hydrogen) atoms. The third kappa shape index (κ3) is 4.28. The first-order valence-electron chi connectivity index (χ1n) is 5.11. The second-order valence-electron chi connectivity index (χ2n) is 3.50. The van der Waals surface area contributed by atoms with Gasteiger partial charge >= 0.3 is 0 Å². The summed E-state index contributed by atoms with van der Waals surface area (Å²) in [5.41, 5.74) is 1.10. The van der Waals surface area contributed by atoms with Crippen LogP contribution in [-0.2, 0) is 17.9 Å². The molecule has 0 spiro atoms. The number of aromatic nitrogens is 2. The molecule has 2 aromatic rings. The van der Waals surface area contributed by atoms with Gasteiger partial charge in [0.15, 0.2) is 0 Å². The molecule has 1 heterocycles. The van der Waals surface area contributed by atoms with Crippen molar-refractivity contribution in [3.63, 3.8) is 0 Å². The number of carbonyl (C=O) groups is 1. The standard InChI is InChI=1S/C12H13N3O.ClH/c16-12(9-15-7-6-13-10-15)14-8-11-4-2-1-3-5-11;/h1-7,10H,8-9H2,(H,14,16);1H. The van der Waals surface area contributed by atoms with Crippen LogP contribution >= 0.6 is 12.4 Å². The van der Waals surface area contributed by atoms with Gasteiger partial charge in [-0.05, 0) is 5.56 Å². The monoisotopic (exact) mass is 251 g/mol. The van der Waals surface area contributed by atoms with E-state index in [0.717, 1.165) is 5.56 Å². The van der Waals surface area contributed by atoms with Gasteiger partial charge in [0.25, 0.3) is 0 Å². The van der Waals surface area contributed by atoms with E-state index < -0.39 is 0 Å². The maximum Gasteiger partial charge on any atom is 0.240 e. The number of imidazole rings is 1. The zero-order valence-corrected chi connectivity index (χ0v) is 10.1. The van der Waals surface area contributed by atoms with Crippen LogP contribution in [0, 0.1) is 0 Å². The smallest absolute Gasteiger partial charge is 0.240 e. The Labute approximate surface area is 106 Å². The van der Waals surface area contributed by atoms with Crippen LogP contribution in [0.4, 0.5) is 0 Å². The fourth-order valence-corrected chi connectivity index (χ4v) is 1.40. The molecule has 0 radical (unpaired) electrons. The third-order valence-electron chi connectivity index (χ3n) is 2.22. The number of hydrogen-bond donors (Lipinski definition) is 1. The predicted octanol–water partition coefficient (Wildman–Crippen LogP) is 1.62. The molecule has 1 N–H and O–H groups in total. The lowest BCUT2D eigenvalue weighted by atomic mass is 10.2. The molecule has 2 rings (SSSR count). The lowest BCUT2D eigenvalue weighted by Gasteiger charge is -2.05. The lowest BCUT2D eigenvalue weighted by molar-refractivity contribution is -0.121. The van der Waals surface area contributed by atoms with E-state index in [1.54, 1.807) is 23.3 Å². The molecule has 0 aliphatic rings. The normalized spacial score (nSPS) is 9.41. The number of rotatable bonds is 4. The quantitative estimate of drug-likeness (QED) is 0.898. The Kier molecular flexibility index (Phi) is 5.23. The number of benzene rings is 1. The maximum atomic E-state index is 11.5. The van der Waals surface area contributed by atoms with Gasteiger partial charge in [-0.3, -0.25) is 4.79 Å². The molecule has 0 fully saturated rings. The highest BCUT2D eigenvalue weighted by molar-refractivity contribution is 5.85. The fraction of sp³-hybridized carbons (Fsp3) is 0.167. The highest BCUT2D eigenvalue weighted by Crippen LogP contribution is 1.97. The van der Waals surface area contributed by atoms with Crippen LogP contribution in [-0.4, -0.2) is 15.5 Å². The van der Waals surface area contributed by atoms with Crippen molar-refractivity contribution in [2.24, 2.45) is 0 Å². The Morgan fingerprint density at radius 2 is 2.06 bits per heavy atom. The molecule has 0 aliphatic heterocycles. The van der Waals surface area contributed by atoms with Crippen molar-refractivity contribution in [3.8, 4) is 0 Å². The van der Waals surface area contributed by atoms with Crippen LogP contribution in [0.2, 0.25) is 0 Å². The van der Waals surface area contributed by atoms with Crippen molar-refractivity contribution in [2.45, 2.75) is 13.1 Å². The van der Waals surface area contributed by atoms with Gasteiger partial charge in [-0.2, -0.15) is 0 Å². The topological polar surface area (TPSA) is 46.9 Å². The number of halogens is 1. The summed E-state index contributed by atoms with van der Waals surface area (Å²) in [6.45, 7) is 0.876. The SMILES string of the molecule is Cl.O=C(Cn1ccnc1)NCc1ccccc1. The van der Waals surface area contributed by atoms with E-state index >= 15 is 0 Å². The van der Waals surface area contributed by atoms with Gasteiger partial charge in [-0.25, -0.2) is 4.98 Å². The Morgan fingerprint density at radius 3 is 2.71 bits per heavy atom. The molecule has 0 saturated heterocycles. The number of nitrogens with zero attached hydrogens (tertiary/aromatic N) is 2. The summed E-state index contributed by atoms with van der Waals surface area (Å²) >= 11 is 0. The van der Waals surface area contributed by atoms with Gasteiger partial charge in [0, 0.05) is 18.9 Å². The van der Waals surface area contributed by atoms with Crippen molar-refractivity contribution in [3.05, 3.63) is 54.6 Å². The molecule has 0 aliphatic carbocycles. The minimum absolute atomic E-state index is 0. The first kappa shape index (κ1) is 13.3. The Morgan fingerprint density at radius 1 is 1.29 bits per heavy atom. The van der Waals surface area contributed by atoms with Crippen LogP contribution < -0.4 is 5.32 Å². The first-order valence-corrected chi connectivity index (χ1v) is 5.11. The van der Waals surface area contributed by atoms with E-state index in [1.807, 2.05) is 30.3 Å². The summed E-state index contributed by atoms with van der Waals surface area (Å²) in [6, 6.07) is 9.83. The number of carbonyl (C=O) groups excluding carboxylic acids is 1. The molecule has 0 unspecified atom stereocenters. The molecule has 1 aromatic heterocycles. The molecule has 0 saturated carbocycles. The first-order chi connectivity index (χ1) is 7.84. The summed E-state index contributed by atoms with van der Waals surface area (Å²) in [4.78, 5) is 15.4. The van der Waals surface area contributed by atoms with E-state index in [1.165, 1.54) is 0 Å². The minimum Gasteiger partial charge on any atom is -0.350 e. The molecule has 1 aromatic carbocycles. The minimum atomic E-state index is -0.0122. The fourth-order valence-electron chi connectivity index (χ4n) is 1.40. The lowest BCUT2D eigenvalue weighted by Crippen LogP contribution is -2.26. The molecule has 4 nitrogen and oxygen atoms in total. The summed E-state index contributed by atoms with van der Waals surface area (Å²) in [5.74, 6) is -0.0122. The highest BCUT2D eigenvalue weighted by atomic mass is 35.5. The van der Waals surface area contributed by atoms with Gasteiger partial charge in [0.2, 0.25) is 5.91 Å². The van der Waals surface area contributed by atoms with Crippen LogP contribution in [0.1, 0.15) is 5.56 Å². The second kappa shape index (κ2) is 6.70. The summed E-state index contributed by atoms with van der Waals surface area (Å²) < 4.78 is 1.74. The van der Waals surface area contributed by atoms with E-state index in [0.29, 0.717) is 13.1 Å². The second-order valence-corrected chi connectivity index (χ2v) is 3.50. The summed E-state index contributed by atoms with van der Waals surface area (Å²) in [6.07, 6.45) is 5.05. The number of nitrogens with one attached hydrogen (secondary N) is 1. The van der Waals surface area contributed by atoms with Crippen molar-refractivity contribution in [1.82, 2.24) is 14.9 Å². The van der Waals surface area contributed by atoms with Gasteiger partial charge in [-0.1, -0.05) is 30.3 Å². The molecule has 0 atom stereocenters. The Bertz CT molecular complexity index is 442. The molecule has 90 valence electrons. The summed E-state index contributed by atoms with van der Waals surface area (Å²) in [5, 5.41) is 2.85.